The lowest BCUT2D eigenvalue weighted by Crippen LogP contribution is -2.35. The zero-order chi connectivity index (χ0) is 8.44. The Labute approximate surface area is 74.1 Å². The summed E-state index contributed by atoms with van der Waals surface area (Å²) in [5, 5.41) is 0. The third-order valence-corrected chi connectivity index (χ3v) is 2.94. The van der Waals surface area contributed by atoms with Crippen molar-refractivity contribution in [3.63, 3.8) is 0 Å². The van der Waals surface area contributed by atoms with Crippen LogP contribution in [0.15, 0.2) is 23.8 Å². The molecule has 0 aromatic heterocycles. The van der Waals surface area contributed by atoms with Gasteiger partial charge in [0.15, 0.2) is 0 Å². The van der Waals surface area contributed by atoms with Crippen LogP contribution in [0.5, 0.6) is 0 Å². The van der Waals surface area contributed by atoms with Gasteiger partial charge in [-0.3, -0.25) is 0 Å². The summed E-state index contributed by atoms with van der Waals surface area (Å²) in [4.78, 5) is 0. The lowest BCUT2D eigenvalue weighted by molar-refractivity contribution is -0.0434. The van der Waals surface area contributed by atoms with Gasteiger partial charge in [0.25, 0.3) is 0 Å². The van der Waals surface area contributed by atoms with E-state index >= 15 is 0 Å². The number of rotatable bonds is 0. The van der Waals surface area contributed by atoms with Crippen molar-refractivity contribution in [1.82, 2.24) is 0 Å². The highest BCUT2D eigenvalue weighted by Gasteiger charge is 2.31. The van der Waals surface area contributed by atoms with Crippen LogP contribution in [0, 0.1) is 0 Å². The van der Waals surface area contributed by atoms with Gasteiger partial charge in [-0.25, -0.2) is 0 Å². The minimum Gasteiger partial charge on any atom is -0.370 e. The molecule has 0 aromatic carbocycles. The van der Waals surface area contributed by atoms with Crippen LogP contribution in [-0.4, -0.2) is 12.2 Å². The van der Waals surface area contributed by atoms with Crippen molar-refractivity contribution in [2.24, 2.45) is 0 Å². The van der Waals surface area contributed by atoms with Crippen molar-refractivity contribution < 1.29 is 4.74 Å². The van der Waals surface area contributed by atoms with Gasteiger partial charge in [-0.2, -0.15) is 0 Å². The van der Waals surface area contributed by atoms with Crippen molar-refractivity contribution in [3.8, 4) is 0 Å². The quantitative estimate of drug-likeness (QED) is 0.500. The van der Waals surface area contributed by atoms with Gasteiger partial charge in [0.1, 0.15) is 0 Å². The number of hydrogen-bond acceptors (Lipinski definition) is 1. The summed E-state index contributed by atoms with van der Waals surface area (Å²) in [6, 6.07) is 0. The highest BCUT2D eigenvalue weighted by molar-refractivity contribution is 5.11. The lowest BCUT2D eigenvalue weighted by Gasteiger charge is -2.37. The first-order valence-electron chi connectivity index (χ1n) is 4.75. The average molecular weight is 164 g/mol. The van der Waals surface area contributed by atoms with Crippen LogP contribution < -0.4 is 0 Å². The van der Waals surface area contributed by atoms with Crippen molar-refractivity contribution in [1.29, 1.82) is 0 Å². The highest BCUT2D eigenvalue weighted by atomic mass is 16.5. The van der Waals surface area contributed by atoms with E-state index < -0.39 is 0 Å². The predicted molar refractivity (Wildman–Crippen MR) is 50.0 cm³/mol. The van der Waals surface area contributed by atoms with Crippen LogP contribution in [0.3, 0.4) is 0 Å². The van der Waals surface area contributed by atoms with E-state index in [1.54, 1.807) is 0 Å². The summed E-state index contributed by atoms with van der Waals surface area (Å²) in [6.07, 6.45) is 11.4. The van der Waals surface area contributed by atoms with Gasteiger partial charge in [0.05, 0.1) is 12.2 Å². The van der Waals surface area contributed by atoms with E-state index in [-0.39, 0.29) is 5.60 Å². The van der Waals surface area contributed by atoms with E-state index in [4.69, 9.17) is 4.74 Å². The smallest absolute Gasteiger partial charge is 0.0758 e. The topological polar surface area (TPSA) is 9.23 Å². The van der Waals surface area contributed by atoms with Gasteiger partial charge in [-0.1, -0.05) is 23.8 Å². The molecule has 1 aliphatic heterocycles. The van der Waals surface area contributed by atoms with E-state index in [0.29, 0.717) is 0 Å². The molecule has 0 radical (unpaired) electrons. The molecule has 0 N–H and O–H groups in total. The van der Waals surface area contributed by atoms with E-state index in [1.807, 2.05) is 0 Å². The van der Waals surface area contributed by atoms with Crippen LogP contribution in [-0.2, 0) is 4.74 Å². The molecule has 1 heterocycles. The molecule has 1 heteroatoms. The Morgan fingerprint density at radius 2 is 2.25 bits per heavy atom. The maximum atomic E-state index is 5.82. The van der Waals surface area contributed by atoms with Crippen LogP contribution >= 0.6 is 0 Å². The van der Waals surface area contributed by atoms with Gasteiger partial charge < -0.3 is 4.74 Å². The Balaban J connectivity index is 2.08. The van der Waals surface area contributed by atoms with Crippen LogP contribution in [0.1, 0.15) is 32.6 Å². The summed E-state index contributed by atoms with van der Waals surface area (Å²) in [5.74, 6) is 0. The molecule has 0 unspecified atom stereocenters. The zero-order valence-electron chi connectivity index (χ0n) is 7.68. The summed E-state index contributed by atoms with van der Waals surface area (Å²) in [5.41, 5.74) is 1.70. The predicted octanol–water partition coefficient (Wildman–Crippen LogP) is 2.83. The minimum atomic E-state index is 0.175. The maximum absolute atomic E-state index is 5.82. The Morgan fingerprint density at radius 3 is 2.83 bits per heavy atom. The van der Waals surface area contributed by atoms with Crippen LogP contribution in [0.25, 0.3) is 0 Å². The fraction of sp³-hybridized carbons (Fsp3) is 0.636. The summed E-state index contributed by atoms with van der Waals surface area (Å²) in [6.45, 7) is 3.03. The minimum absolute atomic E-state index is 0.175. The lowest BCUT2D eigenvalue weighted by atomic mass is 9.82. The Bertz CT molecular complexity index is 227. The van der Waals surface area contributed by atoms with E-state index in [0.717, 1.165) is 19.4 Å². The molecule has 66 valence electrons. The molecule has 0 saturated carbocycles. The van der Waals surface area contributed by atoms with Gasteiger partial charge in [0, 0.05) is 0 Å². The molecular formula is C11H16O. The second kappa shape index (κ2) is 3.06. The first-order valence-corrected chi connectivity index (χ1v) is 4.75. The van der Waals surface area contributed by atoms with Crippen molar-refractivity contribution in [2.45, 2.75) is 38.2 Å². The Hall–Kier alpha value is -0.560. The third kappa shape index (κ3) is 1.46. The molecule has 0 aromatic rings. The van der Waals surface area contributed by atoms with Crippen molar-refractivity contribution in [2.75, 3.05) is 6.61 Å². The number of allylic oxidation sites excluding steroid dienone is 1. The Morgan fingerprint density at radius 1 is 1.33 bits per heavy atom. The zero-order valence-corrected chi connectivity index (χ0v) is 7.68. The van der Waals surface area contributed by atoms with E-state index in [9.17, 15) is 0 Å². The monoisotopic (exact) mass is 164 g/mol. The normalized spacial score (nSPS) is 35.2. The standard InChI is InChI=1S/C11H16O/c1-10-4-7-11(8-5-10)6-2-3-9-12-11/h2-4H,5-9H2,1H3/t11-/m1/s1. The number of ether oxygens (including phenoxy) is 1. The molecule has 1 nitrogen and oxygen atoms in total. The van der Waals surface area contributed by atoms with Crippen molar-refractivity contribution in [3.05, 3.63) is 23.8 Å². The molecule has 1 aliphatic carbocycles. The Kier molecular flexibility index (Phi) is 2.05. The summed E-state index contributed by atoms with van der Waals surface area (Å²) in [7, 11) is 0. The van der Waals surface area contributed by atoms with Crippen LogP contribution in [0.4, 0.5) is 0 Å². The second-order valence-corrected chi connectivity index (χ2v) is 3.92. The molecule has 2 aliphatic rings. The van der Waals surface area contributed by atoms with Gasteiger partial charge in [0.2, 0.25) is 0 Å². The second-order valence-electron chi connectivity index (χ2n) is 3.92. The van der Waals surface area contributed by atoms with Crippen LogP contribution in [0.2, 0.25) is 0 Å². The molecule has 1 atom stereocenters. The maximum Gasteiger partial charge on any atom is 0.0758 e. The SMILES string of the molecule is CC1=CC[C@]2(CC=CCO2)CC1. The average Bonchev–Trinajstić information content (AvgIpc) is 2.13. The molecule has 0 amide bonds. The van der Waals surface area contributed by atoms with E-state index in [1.165, 1.54) is 18.4 Å². The highest BCUT2D eigenvalue weighted by Crippen LogP contribution is 2.35. The largest absolute Gasteiger partial charge is 0.370 e. The summed E-state index contributed by atoms with van der Waals surface area (Å²) >= 11 is 0. The molecular weight excluding hydrogens is 148 g/mol. The van der Waals surface area contributed by atoms with Gasteiger partial charge >= 0.3 is 0 Å². The third-order valence-electron chi connectivity index (χ3n) is 2.94. The summed E-state index contributed by atoms with van der Waals surface area (Å²) < 4.78 is 5.82. The molecule has 0 fully saturated rings. The first-order chi connectivity index (χ1) is 5.81. The fourth-order valence-corrected chi connectivity index (χ4v) is 1.96. The van der Waals surface area contributed by atoms with Gasteiger partial charge in [-0.05, 0) is 32.6 Å². The van der Waals surface area contributed by atoms with Crippen molar-refractivity contribution >= 4 is 0 Å². The molecule has 0 saturated heterocycles. The molecule has 2 rings (SSSR count). The number of hydrogen-bond donors (Lipinski definition) is 0. The van der Waals surface area contributed by atoms with Gasteiger partial charge in [-0.15, -0.1) is 0 Å². The molecule has 1 spiro atoms. The molecule has 12 heavy (non-hydrogen) atoms. The molecule has 0 bridgehead atoms. The first kappa shape index (κ1) is 8.06. The van der Waals surface area contributed by atoms with E-state index in [2.05, 4.69) is 25.2 Å². The fourth-order valence-electron chi connectivity index (χ4n) is 1.96.